The number of nitrogens with zero attached hydrogens (tertiary/aromatic N) is 4. The molecule has 0 unspecified atom stereocenters. The molecule has 148 valence electrons. The lowest BCUT2D eigenvalue weighted by Crippen LogP contribution is -2.11. The molecule has 0 bridgehead atoms. The zero-order chi connectivity index (χ0) is 20.7. The molecule has 0 amide bonds. The number of hydrogen-bond acceptors (Lipinski definition) is 5. The van der Waals surface area contributed by atoms with Crippen LogP contribution in [0, 0.1) is 11.6 Å². The monoisotopic (exact) mass is 402 g/mol. The standard InChI is InChI=1S/C22H16F2N6/c1-12(29-22-20-21(26-10-25-20)27-11-28-22)17-8-13-5-6-16(24)9-18(13)30-19(17)14-3-2-4-15(23)7-14/h2-12H,1H3,(H2,25,26,27,28,29)/t12-/m0/s1. The van der Waals surface area contributed by atoms with Crippen molar-refractivity contribution in [3.05, 3.63) is 78.4 Å². The van der Waals surface area contributed by atoms with E-state index in [-0.39, 0.29) is 17.7 Å². The van der Waals surface area contributed by atoms with Gasteiger partial charge in [0.15, 0.2) is 11.5 Å². The van der Waals surface area contributed by atoms with Gasteiger partial charge in [-0.2, -0.15) is 0 Å². The summed E-state index contributed by atoms with van der Waals surface area (Å²) in [4.78, 5) is 20.3. The van der Waals surface area contributed by atoms with Gasteiger partial charge < -0.3 is 10.3 Å². The zero-order valence-corrected chi connectivity index (χ0v) is 15.9. The highest BCUT2D eigenvalue weighted by molar-refractivity contribution is 5.85. The number of aromatic amines is 1. The van der Waals surface area contributed by atoms with Crippen molar-refractivity contribution >= 4 is 27.9 Å². The second-order valence-electron chi connectivity index (χ2n) is 6.96. The third kappa shape index (κ3) is 3.22. The Bertz CT molecular complexity index is 1380. The van der Waals surface area contributed by atoms with Gasteiger partial charge in [0, 0.05) is 22.6 Å². The van der Waals surface area contributed by atoms with Gasteiger partial charge in [-0.3, -0.25) is 0 Å². The van der Waals surface area contributed by atoms with Crippen molar-refractivity contribution in [2.24, 2.45) is 0 Å². The van der Waals surface area contributed by atoms with E-state index in [0.29, 0.717) is 33.8 Å². The molecule has 6 nitrogen and oxygen atoms in total. The number of rotatable bonds is 4. The summed E-state index contributed by atoms with van der Waals surface area (Å²) in [5, 5.41) is 4.13. The highest BCUT2D eigenvalue weighted by atomic mass is 19.1. The molecule has 0 fully saturated rings. The first-order valence-corrected chi connectivity index (χ1v) is 9.35. The maximum atomic E-state index is 13.9. The third-order valence-electron chi connectivity index (χ3n) is 4.94. The molecule has 0 spiro atoms. The van der Waals surface area contributed by atoms with E-state index in [9.17, 15) is 8.78 Å². The Hall–Kier alpha value is -3.94. The number of benzene rings is 2. The Kier molecular flexibility index (Phi) is 4.31. The van der Waals surface area contributed by atoms with Gasteiger partial charge in [-0.05, 0) is 37.3 Å². The number of pyridine rings is 1. The summed E-state index contributed by atoms with van der Waals surface area (Å²) < 4.78 is 27.7. The Labute approximate surface area is 170 Å². The molecule has 0 saturated heterocycles. The van der Waals surface area contributed by atoms with Crippen molar-refractivity contribution in [1.29, 1.82) is 0 Å². The number of fused-ring (bicyclic) bond motifs is 2. The Morgan fingerprint density at radius 1 is 0.967 bits per heavy atom. The highest BCUT2D eigenvalue weighted by Gasteiger charge is 2.18. The normalized spacial score (nSPS) is 12.4. The average Bonchev–Trinajstić information content (AvgIpc) is 3.22. The number of halogens is 2. The maximum Gasteiger partial charge on any atom is 0.162 e. The van der Waals surface area contributed by atoms with E-state index in [1.807, 2.05) is 13.0 Å². The van der Waals surface area contributed by atoms with Crippen LogP contribution in [-0.2, 0) is 0 Å². The van der Waals surface area contributed by atoms with Crippen LogP contribution < -0.4 is 5.32 Å². The maximum absolute atomic E-state index is 13.9. The van der Waals surface area contributed by atoms with E-state index in [1.54, 1.807) is 24.5 Å². The molecule has 0 aliphatic carbocycles. The minimum absolute atomic E-state index is 0.250. The molecule has 0 radical (unpaired) electrons. The van der Waals surface area contributed by atoms with Crippen molar-refractivity contribution in [3.63, 3.8) is 0 Å². The summed E-state index contributed by atoms with van der Waals surface area (Å²) in [5.74, 6) is -0.173. The average molecular weight is 402 g/mol. The summed E-state index contributed by atoms with van der Waals surface area (Å²) in [6, 6.07) is 12.3. The van der Waals surface area contributed by atoms with Crippen molar-refractivity contribution in [2.75, 3.05) is 5.32 Å². The zero-order valence-electron chi connectivity index (χ0n) is 15.9. The predicted molar refractivity (Wildman–Crippen MR) is 111 cm³/mol. The molecule has 3 aromatic heterocycles. The van der Waals surface area contributed by atoms with E-state index >= 15 is 0 Å². The minimum atomic E-state index is -0.374. The first-order valence-electron chi connectivity index (χ1n) is 9.35. The quantitative estimate of drug-likeness (QED) is 0.441. The first kappa shape index (κ1) is 18.1. The number of hydrogen-bond donors (Lipinski definition) is 2. The smallest absolute Gasteiger partial charge is 0.162 e. The van der Waals surface area contributed by atoms with Crippen LogP contribution in [0.4, 0.5) is 14.6 Å². The molecule has 2 aromatic carbocycles. The minimum Gasteiger partial charge on any atom is -0.362 e. The van der Waals surface area contributed by atoms with Crippen LogP contribution in [0.15, 0.2) is 61.2 Å². The lowest BCUT2D eigenvalue weighted by atomic mass is 9.98. The van der Waals surface area contributed by atoms with Gasteiger partial charge >= 0.3 is 0 Å². The summed E-state index contributed by atoms with van der Waals surface area (Å²) in [6.07, 6.45) is 3.00. The van der Waals surface area contributed by atoms with Crippen LogP contribution in [0.25, 0.3) is 33.3 Å². The van der Waals surface area contributed by atoms with Crippen LogP contribution >= 0.6 is 0 Å². The summed E-state index contributed by atoms with van der Waals surface area (Å²) in [5.41, 5.74) is 3.74. The van der Waals surface area contributed by atoms with Gasteiger partial charge in [-0.25, -0.2) is 28.7 Å². The second kappa shape index (κ2) is 7.14. The number of H-pyrrole nitrogens is 1. The molecule has 3 heterocycles. The molecule has 30 heavy (non-hydrogen) atoms. The lowest BCUT2D eigenvalue weighted by molar-refractivity contribution is 0.628. The van der Waals surface area contributed by atoms with Gasteiger partial charge in [0.1, 0.15) is 23.5 Å². The van der Waals surface area contributed by atoms with Crippen LogP contribution in [0.5, 0.6) is 0 Å². The Morgan fingerprint density at radius 3 is 2.70 bits per heavy atom. The molecule has 0 aliphatic rings. The lowest BCUT2D eigenvalue weighted by Gasteiger charge is -2.19. The SMILES string of the molecule is C[C@H](Nc1ncnc2[nH]cnc12)c1cc2ccc(F)cc2nc1-c1cccc(F)c1. The van der Waals surface area contributed by atoms with Crippen LogP contribution in [0.3, 0.4) is 0 Å². The van der Waals surface area contributed by atoms with Crippen molar-refractivity contribution in [1.82, 2.24) is 24.9 Å². The molecular formula is C22H16F2N6. The molecule has 8 heteroatoms. The number of imidazole rings is 1. The van der Waals surface area contributed by atoms with Crippen LogP contribution in [0.2, 0.25) is 0 Å². The highest BCUT2D eigenvalue weighted by Crippen LogP contribution is 2.32. The van der Waals surface area contributed by atoms with Gasteiger partial charge in [-0.15, -0.1) is 0 Å². The predicted octanol–water partition coefficient (Wildman–Crippen LogP) is 5.02. The van der Waals surface area contributed by atoms with Gasteiger partial charge in [-0.1, -0.05) is 12.1 Å². The Morgan fingerprint density at radius 2 is 1.83 bits per heavy atom. The van der Waals surface area contributed by atoms with Crippen molar-refractivity contribution in [3.8, 4) is 11.3 Å². The molecular weight excluding hydrogens is 386 g/mol. The van der Waals surface area contributed by atoms with Gasteiger partial charge in [0.25, 0.3) is 0 Å². The number of anilines is 1. The van der Waals surface area contributed by atoms with E-state index < -0.39 is 0 Å². The topological polar surface area (TPSA) is 79.4 Å². The third-order valence-corrected chi connectivity index (χ3v) is 4.94. The summed E-state index contributed by atoms with van der Waals surface area (Å²) in [7, 11) is 0. The van der Waals surface area contributed by atoms with E-state index in [4.69, 9.17) is 0 Å². The fourth-order valence-electron chi connectivity index (χ4n) is 3.51. The molecule has 5 rings (SSSR count). The van der Waals surface area contributed by atoms with Gasteiger partial charge in [0.05, 0.1) is 23.6 Å². The van der Waals surface area contributed by atoms with Crippen LogP contribution in [0.1, 0.15) is 18.5 Å². The fraction of sp³-hybridized carbons (Fsp3) is 0.0909. The second-order valence-corrected chi connectivity index (χ2v) is 6.96. The summed E-state index contributed by atoms with van der Waals surface area (Å²) >= 11 is 0. The van der Waals surface area contributed by atoms with Crippen molar-refractivity contribution in [2.45, 2.75) is 13.0 Å². The van der Waals surface area contributed by atoms with Crippen LogP contribution in [-0.4, -0.2) is 24.9 Å². The number of aromatic nitrogens is 5. The Balaban J connectivity index is 1.65. The van der Waals surface area contributed by atoms with E-state index in [0.717, 1.165) is 10.9 Å². The summed E-state index contributed by atoms with van der Waals surface area (Å²) in [6.45, 7) is 1.95. The molecule has 2 N–H and O–H groups in total. The molecule has 0 aliphatic heterocycles. The molecule has 0 saturated carbocycles. The largest absolute Gasteiger partial charge is 0.362 e. The van der Waals surface area contributed by atoms with E-state index in [2.05, 4.69) is 30.2 Å². The molecule has 1 atom stereocenters. The number of nitrogens with one attached hydrogen (secondary N) is 2. The fourth-order valence-corrected chi connectivity index (χ4v) is 3.51. The van der Waals surface area contributed by atoms with Crippen molar-refractivity contribution < 1.29 is 8.78 Å². The molecule has 5 aromatic rings. The van der Waals surface area contributed by atoms with E-state index in [1.165, 1.54) is 30.6 Å². The first-order chi connectivity index (χ1) is 14.6. The van der Waals surface area contributed by atoms with Gasteiger partial charge in [0.2, 0.25) is 0 Å².